The molecule has 0 unspecified atom stereocenters. The molecule has 1 rings (SSSR count). The lowest BCUT2D eigenvalue weighted by Gasteiger charge is -2.06. The summed E-state index contributed by atoms with van der Waals surface area (Å²) in [6.07, 6.45) is 0.616. The minimum Gasteiger partial charge on any atom is -0.497 e. The fourth-order valence-electron chi connectivity index (χ4n) is 1.13. The summed E-state index contributed by atoms with van der Waals surface area (Å²) < 4.78 is 5.04. The van der Waals surface area contributed by atoms with E-state index < -0.39 is 0 Å². The largest absolute Gasteiger partial charge is 0.497 e. The Labute approximate surface area is 94.9 Å². The van der Waals surface area contributed by atoms with Crippen LogP contribution in [0.5, 0.6) is 5.75 Å². The molecule has 4 N–H and O–H groups in total. The molecule has 88 valence electrons. The molecule has 0 atom stereocenters. The predicted octanol–water partition coefficient (Wildman–Crippen LogP) is 0.804. The van der Waals surface area contributed by atoms with E-state index in [1.165, 1.54) is 0 Å². The van der Waals surface area contributed by atoms with Crippen molar-refractivity contribution >= 4 is 11.6 Å². The molecule has 0 radical (unpaired) electrons. The van der Waals surface area contributed by atoms with Crippen molar-refractivity contribution < 1.29 is 9.84 Å². The quantitative estimate of drug-likeness (QED) is 0.392. The number of guanidine groups is 1. The first-order valence-corrected chi connectivity index (χ1v) is 5.08. The number of benzene rings is 1. The number of anilines is 1. The SMILES string of the molecule is COc1ccc(NC(N)=NCCCO)cc1. The van der Waals surface area contributed by atoms with Crippen LogP contribution in [0.15, 0.2) is 29.3 Å². The first-order valence-electron chi connectivity index (χ1n) is 5.08. The average Bonchev–Trinajstić information content (AvgIpc) is 2.30. The van der Waals surface area contributed by atoms with Gasteiger partial charge in [0, 0.05) is 18.8 Å². The second-order valence-electron chi connectivity index (χ2n) is 3.20. The van der Waals surface area contributed by atoms with Crippen LogP contribution in [0.1, 0.15) is 6.42 Å². The third-order valence-electron chi connectivity index (χ3n) is 1.96. The zero-order chi connectivity index (χ0) is 11.8. The molecule has 0 aromatic heterocycles. The number of methoxy groups -OCH3 is 1. The molecule has 0 aliphatic carbocycles. The van der Waals surface area contributed by atoms with Gasteiger partial charge in [-0.3, -0.25) is 4.99 Å². The van der Waals surface area contributed by atoms with Crippen molar-refractivity contribution in [3.63, 3.8) is 0 Å². The van der Waals surface area contributed by atoms with Crippen LogP contribution in [-0.4, -0.2) is 31.3 Å². The lowest BCUT2D eigenvalue weighted by Crippen LogP contribution is -2.22. The Hall–Kier alpha value is -1.75. The second-order valence-corrected chi connectivity index (χ2v) is 3.20. The van der Waals surface area contributed by atoms with Gasteiger partial charge in [0.2, 0.25) is 0 Å². The summed E-state index contributed by atoms with van der Waals surface area (Å²) in [5.74, 6) is 1.14. The fourth-order valence-corrected chi connectivity index (χ4v) is 1.13. The van der Waals surface area contributed by atoms with Crippen molar-refractivity contribution in [3.05, 3.63) is 24.3 Å². The summed E-state index contributed by atoms with van der Waals surface area (Å²) >= 11 is 0. The van der Waals surface area contributed by atoms with Crippen LogP contribution in [0, 0.1) is 0 Å². The topological polar surface area (TPSA) is 79.9 Å². The maximum atomic E-state index is 8.58. The smallest absolute Gasteiger partial charge is 0.193 e. The monoisotopic (exact) mass is 223 g/mol. The summed E-state index contributed by atoms with van der Waals surface area (Å²) in [5.41, 5.74) is 6.50. The highest BCUT2D eigenvalue weighted by atomic mass is 16.5. The van der Waals surface area contributed by atoms with Crippen molar-refractivity contribution in [2.75, 3.05) is 25.6 Å². The summed E-state index contributed by atoms with van der Waals surface area (Å²) in [6, 6.07) is 7.38. The Balaban J connectivity index is 2.49. The molecular weight excluding hydrogens is 206 g/mol. The van der Waals surface area contributed by atoms with E-state index in [4.69, 9.17) is 15.6 Å². The van der Waals surface area contributed by atoms with E-state index in [0.29, 0.717) is 18.9 Å². The predicted molar refractivity (Wildman–Crippen MR) is 64.8 cm³/mol. The summed E-state index contributed by atoms with van der Waals surface area (Å²) in [5, 5.41) is 11.5. The van der Waals surface area contributed by atoms with Crippen LogP contribution in [0.25, 0.3) is 0 Å². The Morgan fingerprint density at radius 2 is 2.12 bits per heavy atom. The van der Waals surface area contributed by atoms with E-state index in [9.17, 15) is 0 Å². The van der Waals surface area contributed by atoms with Crippen molar-refractivity contribution in [1.82, 2.24) is 0 Å². The van der Waals surface area contributed by atoms with Crippen molar-refractivity contribution in [1.29, 1.82) is 0 Å². The van der Waals surface area contributed by atoms with Gasteiger partial charge in [-0.05, 0) is 30.7 Å². The molecule has 5 nitrogen and oxygen atoms in total. The number of hydrogen-bond donors (Lipinski definition) is 3. The summed E-state index contributed by atoms with van der Waals surface area (Å²) in [7, 11) is 1.62. The number of ether oxygens (including phenoxy) is 1. The first kappa shape index (κ1) is 12.3. The first-order chi connectivity index (χ1) is 7.76. The van der Waals surface area contributed by atoms with Crippen LogP contribution >= 0.6 is 0 Å². The molecule has 0 saturated carbocycles. The van der Waals surface area contributed by atoms with Crippen LogP contribution in [-0.2, 0) is 0 Å². The third kappa shape index (κ3) is 4.18. The molecule has 16 heavy (non-hydrogen) atoms. The van der Waals surface area contributed by atoms with E-state index in [1.807, 2.05) is 24.3 Å². The van der Waals surface area contributed by atoms with E-state index >= 15 is 0 Å². The van der Waals surface area contributed by atoms with Crippen LogP contribution in [0.3, 0.4) is 0 Å². The summed E-state index contributed by atoms with van der Waals surface area (Å²) in [4.78, 5) is 4.04. The minimum absolute atomic E-state index is 0.124. The zero-order valence-corrected chi connectivity index (χ0v) is 9.31. The van der Waals surface area contributed by atoms with E-state index in [-0.39, 0.29) is 6.61 Å². The van der Waals surface area contributed by atoms with Gasteiger partial charge in [0.15, 0.2) is 5.96 Å². The molecule has 0 fully saturated rings. The number of nitrogens with two attached hydrogens (primary N) is 1. The highest BCUT2D eigenvalue weighted by Crippen LogP contribution is 2.14. The van der Waals surface area contributed by atoms with Gasteiger partial charge in [-0.1, -0.05) is 0 Å². The van der Waals surface area contributed by atoms with Gasteiger partial charge < -0.3 is 20.9 Å². The fraction of sp³-hybridized carbons (Fsp3) is 0.364. The van der Waals surface area contributed by atoms with Gasteiger partial charge in [0.25, 0.3) is 0 Å². The number of hydrogen-bond acceptors (Lipinski definition) is 3. The van der Waals surface area contributed by atoms with Crippen molar-refractivity contribution in [2.45, 2.75) is 6.42 Å². The number of aliphatic imine (C=N–C) groups is 1. The maximum absolute atomic E-state index is 8.58. The van der Waals surface area contributed by atoms with Crippen LogP contribution in [0.2, 0.25) is 0 Å². The van der Waals surface area contributed by atoms with Crippen molar-refractivity contribution in [2.24, 2.45) is 10.7 Å². The van der Waals surface area contributed by atoms with Gasteiger partial charge in [-0.15, -0.1) is 0 Å². The van der Waals surface area contributed by atoms with Gasteiger partial charge in [0.05, 0.1) is 7.11 Å². The number of aliphatic hydroxyl groups excluding tert-OH is 1. The van der Waals surface area contributed by atoms with Gasteiger partial charge in [-0.2, -0.15) is 0 Å². The normalized spacial score (nSPS) is 11.2. The Bertz CT molecular complexity index is 336. The highest BCUT2D eigenvalue weighted by Gasteiger charge is 1.95. The average molecular weight is 223 g/mol. The summed E-state index contributed by atoms with van der Waals surface area (Å²) in [6.45, 7) is 0.644. The lowest BCUT2D eigenvalue weighted by atomic mass is 10.3. The van der Waals surface area contributed by atoms with E-state index in [2.05, 4.69) is 10.3 Å². The second kappa shape index (κ2) is 6.68. The molecule has 0 spiro atoms. The van der Waals surface area contributed by atoms with Gasteiger partial charge in [0.1, 0.15) is 5.75 Å². The molecule has 0 bridgehead atoms. The molecule has 1 aromatic rings. The third-order valence-corrected chi connectivity index (χ3v) is 1.96. The van der Waals surface area contributed by atoms with Crippen LogP contribution in [0.4, 0.5) is 5.69 Å². The number of nitrogens with zero attached hydrogens (tertiary/aromatic N) is 1. The Kier molecular flexibility index (Phi) is 5.15. The molecule has 0 aliphatic heterocycles. The number of aliphatic hydroxyl groups is 1. The maximum Gasteiger partial charge on any atom is 0.193 e. The molecule has 0 heterocycles. The lowest BCUT2D eigenvalue weighted by molar-refractivity contribution is 0.291. The van der Waals surface area contributed by atoms with Crippen LogP contribution < -0.4 is 15.8 Å². The Morgan fingerprint density at radius 1 is 1.44 bits per heavy atom. The van der Waals surface area contributed by atoms with Crippen molar-refractivity contribution in [3.8, 4) is 5.75 Å². The van der Waals surface area contributed by atoms with E-state index in [1.54, 1.807) is 7.11 Å². The zero-order valence-electron chi connectivity index (χ0n) is 9.31. The Morgan fingerprint density at radius 3 is 2.69 bits per heavy atom. The molecular formula is C11H17N3O2. The highest BCUT2D eigenvalue weighted by molar-refractivity contribution is 5.92. The minimum atomic E-state index is 0.124. The standard InChI is InChI=1S/C11H17N3O2/c1-16-10-5-3-9(4-6-10)14-11(12)13-7-2-8-15/h3-6,15H,2,7-8H2,1H3,(H3,12,13,14). The number of rotatable bonds is 5. The molecule has 0 aliphatic rings. The van der Waals surface area contributed by atoms with Gasteiger partial charge in [-0.25, -0.2) is 0 Å². The van der Waals surface area contributed by atoms with Gasteiger partial charge >= 0.3 is 0 Å². The van der Waals surface area contributed by atoms with E-state index in [0.717, 1.165) is 11.4 Å². The molecule has 0 amide bonds. The molecule has 0 saturated heterocycles. The molecule has 5 heteroatoms. The molecule has 1 aromatic carbocycles. The number of nitrogens with one attached hydrogen (secondary N) is 1.